The highest BCUT2D eigenvalue weighted by Gasteiger charge is 2.31. The van der Waals surface area contributed by atoms with Gasteiger partial charge < -0.3 is 14.3 Å². The Balaban J connectivity index is 0.000000197. The molecule has 7 nitrogen and oxygen atoms in total. The highest BCUT2D eigenvalue weighted by molar-refractivity contribution is 6.76. The number of rotatable bonds is 12. The second-order valence-electron chi connectivity index (χ2n) is 15.5. The van der Waals surface area contributed by atoms with Crippen molar-refractivity contribution in [2.45, 2.75) is 64.2 Å². The lowest BCUT2D eigenvalue weighted by atomic mass is 10.1. The van der Waals surface area contributed by atoms with Crippen molar-refractivity contribution in [3.8, 4) is 45.3 Å². The number of nitrogens with one attached hydrogen (secondary N) is 1. The fourth-order valence-corrected chi connectivity index (χ4v) is 7.28. The molecule has 0 amide bonds. The van der Waals surface area contributed by atoms with Crippen LogP contribution in [0.25, 0.3) is 45.3 Å². The Morgan fingerprint density at radius 1 is 0.776 bits per heavy atom. The zero-order valence-corrected chi connectivity index (χ0v) is 33.5. The third-order valence-electron chi connectivity index (χ3n) is 9.65. The first kappa shape index (κ1) is 42.3. The molecule has 0 bridgehead atoms. The Kier molecular flexibility index (Phi) is 13.2. The number of ether oxygens (including phenoxy) is 1. The summed E-state index contributed by atoms with van der Waals surface area (Å²) in [5, 5.41) is 0. The number of carbonyl (C=O) groups excluding carboxylic acids is 1. The molecule has 14 heteroatoms. The molecule has 1 fully saturated rings. The summed E-state index contributed by atoms with van der Waals surface area (Å²) >= 11 is 0. The van der Waals surface area contributed by atoms with E-state index in [1.54, 1.807) is 47.3 Å². The lowest BCUT2D eigenvalue weighted by molar-refractivity contribution is -0.138. The average molecular weight is 818 g/mol. The van der Waals surface area contributed by atoms with Crippen LogP contribution in [0.2, 0.25) is 25.7 Å². The maximum absolute atomic E-state index is 13.1. The smallest absolute Gasteiger partial charge is 0.361 e. The highest BCUT2D eigenvalue weighted by Crippen LogP contribution is 2.34. The zero-order chi connectivity index (χ0) is 41.5. The Labute approximate surface area is 334 Å². The first-order valence-electron chi connectivity index (χ1n) is 19.0. The van der Waals surface area contributed by atoms with Crippen molar-refractivity contribution in [2.75, 3.05) is 19.7 Å². The average Bonchev–Trinajstić information content (AvgIpc) is 3.99. The van der Waals surface area contributed by atoms with E-state index in [2.05, 4.69) is 51.6 Å². The molecule has 1 N–H and O–H groups in total. The topological polar surface area (TPSA) is 76.0 Å². The molecule has 0 unspecified atom stereocenters. The molecule has 0 radical (unpaired) electrons. The molecule has 0 atom stereocenters. The number of alkyl halides is 6. The van der Waals surface area contributed by atoms with Crippen molar-refractivity contribution in [3.63, 3.8) is 0 Å². The van der Waals surface area contributed by atoms with Gasteiger partial charge >= 0.3 is 12.4 Å². The van der Waals surface area contributed by atoms with Crippen LogP contribution in [-0.4, -0.2) is 58.5 Å². The van der Waals surface area contributed by atoms with Crippen LogP contribution in [0.3, 0.4) is 0 Å². The van der Waals surface area contributed by atoms with E-state index in [0.29, 0.717) is 51.9 Å². The number of nitrogens with zero attached hydrogens (tertiary/aromatic N) is 4. The van der Waals surface area contributed by atoms with Gasteiger partial charge in [0.15, 0.2) is 0 Å². The van der Waals surface area contributed by atoms with E-state index in [9.17, 15) is 31.1 Å². The van der Waals surface area contributed by atoms with Gasteiger partial charge in [-0.1, -0.05) is 80.3 Å². The third-order valence-corrected chi connectivity index (χ3v) is 11.4. The Morgan fingerprint density at radius 3 is 2.07 bits per heavy atom. The third kappa shape index (κ3) is 11.4. The summed E-state index contributed by atoms with van der Waals surface area (Å²) in [4.78, 5) is 25.7. The minimum atomic E-state index is -4.43. The van der Waals surface area contributed by atoms with Crippen LogP contribution in [-0.2, 0) is 30.4 Å². The number of hydrogen-bond acceptors (Lipinski definition) is 5. The van der Waals surface area contributed by atoms with Gasteiger partial charge in [-0.15, -0.1) is 0 Å². The molecular formula is C44H45F6N5O2Si. The number of aromatic nitrogens is 4. The summed E-state index contributed by atoms with van der Waals surface area (Å²) in [6, 6.07) is 26.4. The predicted molar refractivity (Wildman–Crippen MR) is 217 cm³/mol. The van der Waals surface area contributed by atoms with E-state index < -0.39 is 31.6 Å². The quantitative estimate of drug-likeness (QED) is 0.0576. The summed E-state index contributed by atoms with van der Waals surface area (Å²) in [7, 11) is -1.25. The molecule has 6 aromatic rings. The summed E-state index contributed by atoms with van der Waals surface area (Å²) in [5.74, 6) is 1.19. The van der Waals surface area contributed by atoms with Gasteiger partial charge in [-0.05, 0) is 73.9 Å². The highest BCUT2D eigenvalue weighted by atomic mass is 28.3. The first-order chi connectivity index (χ1) is 27.6. The molecule has 2 aromatic heterocycles. The summed E-state index contributed by atoms with van der Waals surface area (Å²) in [6.07, 6.45) is -2.28. The molecule has 0 saturated carbocycles. The van der Waals surface area contributed by atoms with Gasteiger partial charge in [-0.3, -0.25) is 9.69 Å². The normalized spacial score (nSPS) is 13.7. The Bertz CT molecular complexity index is 2300. The van der Waals surface area contributed by atoms with Gasteiger partial charge in [0, 0.05) is 55.2 Å². The lowest BCUT2D eigenvalue weighted by Gasteiger charge is -2.16. The minimum absolute atomic E-state index is 0.219. The monoisotopic (exact) mass is 817 g/mol. The number of benzene rings is 4. The van der Waals surface area contributed by atoms with Gasteiger partial charge in [-0.2, -0.15) is 26.3 Å². The number of H-pyrrole nitrogens is 1. The summed E-state index contributed by atoms with van der Waals surface area (Å²) in [6.45, 7) is 10.8. The summed E-state index contributed by atoms with van der Waals surface area (Å²) < 4.78 is 85.9. The van der Waals surface area contributed by atoms with Crippen LogP contribution in [0.4, 0.5) is 26.3 Å². The van der Waals surface area contributed by atoms with Crippen LogP contribution in [0, 0.1) is 0 Å². The Hall–Kier alpha value is -5.31. The maximum Gasteiger partial charge on any atom is 0.416 e. The molecule has 4 aromatic carbocycles. The van der Waals surface area contributed by atoms with Gasteiger partial charge in [0.25, 0.3) is 0 Å². The molecule has 7 rings (SSSR count). The molecule has 0 spiro atoms. The summed E-state index contributed by atoms with van der Waals surface area (Å²) in [5.41, 5.74) is 3.76. The second kappa shape index (κ2) is 18.1. The molecular weight excluding hydrogens is 773 g/mol. The molecule has 1 saturated heterocycles. The zero-order valence-electron chi connectivity index (χ0n) is 32.5. The molecule has 3 heterocycles. The molecule has 304 valence electrons. The molecule has 1 aliphatic heterocycles. The van der Waals surface area contributed by atoms with Crippen molar-refractivity contribution >= 4 is 14.4 Å². The van der Waals surface area contributed by atoms with E-state index in [0.717, 1.165) is 61.8 Å². The maximum atomic E-state index is 13.1. The molecule has 1 aliphatic rings. The van der Waals surface area contributed by atoms with Crippen molar-refractivity contribution < 1.29 is 35.9 Å². The van der Waals surface area contributed by atoms with Gasteiger partial charge in [0.05, 0.1) is 28.7 Å². The second-order valence-corrected chi connectivity index (χ2v) is 21.1. The van der Waals surface area contributed by atoms with Crippen LogP contribution >= 0.6 is 0 Å². The van der Waals surface area contributed by atoms with Gasteiger partial charge in [0.2, 0.25) is 0 Å². The molecule has 0 aliphatic carbocycles. The number of aldehydes is 1. The number of halogens is 6. The lowest BCUT2D eigenvalue weighted by Crippen LogP contribution is -2.22. The first-order valence-corrected chi connectivity index (χ1v) is 22.7. The fourth-order valence-electron chi connectivity index (χ4n) is 6.52. The van der Waals surface area contributed by atoms with Crippen LogP contribution in [0.1, 0.15) is 39.9 Å². The van der Waals surface area contributed by atoms with Crippen molar-refractivity contribution in [1.29, 1.82) is 0 Å². The van der Waals surface area contributed by atoms with Crippen molar-refractivity contribution in [1.82, 2.24) is 24.4 Å². The SMILES string of the molecule is C[Si](C)(C)CCOCn1cc(-c2cccc(C(F)(F)F)c2)nc1-c1cccc(C=O)c1.FC(F)(F)c1cccc(-c2cnc(-c3cccc(CN4CCCC4)c3)[nH]2)c1. The standard InChI is InChI=1S/C23H25F3N2O2Si.C21H20F3N3/c1-31(2,3)11-10-30-16-28-14-21(18-7-5-9-20(13-18)23(24,25)26)27-22(28)19-8-4-6-17(12-19)15-29;22-21(23,24)18-8-4-6-16(12-18)19-13-25-20(26-19)17-7-3-5-15(11-17)14-27-9-1-2-10-27/h4-9,12-15H,10-11,16H2,1-3H3;3-8,11-13H,1-2,9-10,14H2,(H,25,26). The van der Waals surface area contributed by atoms with Crippen molar-refractivity contribution in [2.24, 2.45) is 0 Å². The fraction of sp³-hybridized carbons (Fsp3) is 0.295. The number of imidazole rings is 2. The number of carbonyl (C=O) groups is 1. The minimum Gasteiger partial charge on any atom is -0.361 e. The van der Waals surface area contributed by atoms with Gasteiger partial charge in [0.1, 0.15) is 24.7 Å². The number of hydrogen-bond donors (Lipinski definition) is 1. The van der Waals surface area contributed by atoms with Crippen LogP contribution < -0.4 is 0 Å². The van der Waals surface area contributed by atoms with Crippen molar-refractivity contribution in [3.05, 3.63) is 132 Å². The van der Waals surface area contributed by atoms with Gasteiger partial charge in [-0.25, -0.2) is 9.97 Å². The number of aromatic amines is 1. The predicted octanol–water partition coefficient (Wildman–Crippen LogP) is 11.7. The van der Waals surface area contributed by atoms with E-state index in [1.807, 2.05) is 18.2 Å². The van der Waals surface area contributed by atoms with Crippen LogP contribution in [0.15, 0.2) is 109 Å². The van der Waals surface area contributed by atoms with E-state index in [-0.39, 0.29) is 6.73 Å². The Morgan fingerprint density at radius 2 is 1.40 bits per heavy atom. The van der Waals surface area contributed by atoms with E-state index in [1.165, 1.54) is 30.5 Å². The largest absolute Gasteiger partial charge is 0.416 e. The molecule has 58 heavy (non-hydrogen) atoms. The number of likely N-dealkylation sites (tertiary alicyclic amines) is 1. The van der Waals surface area contributed by atoms with Crippen LogP contribution in [0.5, 0.6) is 0 Å². The van der Waals surface area contributed by atoms with E-state index in [4.69, 9.17) is 4.74 Å². The van der Waals surface area contributed by atoms with E-state index >= 15 is 0 Å².